The van der Waals surface area contributed by atoms with Crippen molar-refractivity contribution in [1.82, 2.24) is 10.3 Å². The molecule has 1 aromatic carbocycles. The van der Waals surface area contributed by atoms with E-state index in [1.165, 1.54) is 5.56 Å². The van der Waals surface area contributed by atoms with Crippen LogP contribution in [0, 0.1) is 0 Å². The molecule has 0 aliphatic heterocycles. The first-order chi connectivity index (χ1) is 8.58. The second kappa shape index (κ2) is 5.56. The average molecular weight is 246 g/mol. The molecule has 1 aromatic heterocycles. The van der Waals surface area contributed by atoms with E-state index in [9.17, 15) is 10.0 Å². The maximum absolute atomic E-state index is 9.27. The van der Waals surface area contributed by atoms with Crippen LogP contribution in [0.25, 0.3) is 10.9 Å². The molecular formula is C13H19BN2O2. The van der Waals surface area contributed by atoms with Crippen LogP contribution in [-0.4, -0.2) is 34.7 Å². The normalized spacial score (nSPS) is 11.4. The quantitative estimate of drug-likeness (QED) is 0.577. The number of aromatic amines is 1. The van der Waals surface area contributed by atoms with Gasteiger partial charge in [0.1, 0.15) is 0 Å². The lowest BCUT2D eigenvalue weighted by Crippen LogP contribution is -2.29. The van der Waals surface area contributed by atoms with Crippen molar-refractivity contribution >= 4 is 23.5 Å². The molecule has 0 fully saturated rings. The van der Waals surface area contributed by atoms with E-state index in [-0.39, 0.29) is 0 Å². The van der Waals surface area contributed by atoms with Gasteiger partial charge in [0.15, 0.2) is 0 Å². The second-order valence-corrected chi connectivity index (χ2v) is 4.86. The monoisotopic (exact) mass is 246 g/mol. The first kappa shape index (κ1) is 13.1. The maximum atomic E-state index is 9.27. The summed E-state index contributed by atoms with van der Waals surface area (Å²) in [5, 5.41) is 22.8. The molecule has 1 heterocycles. The predicted octanol–water partition coefficient (Wildman–Crippen LogP) is 0.388. The van der Waals surface area contributed by atoms with Gasteiger partial charge in [0.05, 0.1) is 0 Å². The molecule has 96 valence electrons. The first-order valence-corrected chi connectivity index (χ1v) is 6.27. The molecule has 0 saturated heterocycles. The molecular weight excluding hydrogens is 227 g/mol. The van der Waals surface area contributed by atoms with E-state index >= 15 is 0 Å². The van der Waals surface area contributed by atoms with Crippen molar-refractivity contribution in [3.8, 4) is 0 Å². The van der Waals surface area contributed by atoms with E-state index in [2.05, 4.69) is 30.2 Å². The molecule has 4 nitrogen and oxygen atoms in total. The van der Waals surface area contributed by atoms with Crippen molar-refractivity contribution in [2.75, 3.05) is 6.54 Å². The largest absolute Gasteiger partial charge is 0.490 e. The van der Waals surface area contributed by atoms with Gasteiger partial charge in [-0.25, -0.2) is 0 Å². The third-order valence-electron chi connectivity index (χ3n) is 3.02. The number of benzene rings is 1. The number of rotatable bonds is 5. The van der Waals surface area contributed by atoms with Crippen molar-refractivity contribution < 1.29 is 10.0 Å². The van der Waals surface area contributed by atoms with Gasteiger partial charge in [0, 0.05) is 23.2 Å². The molecule has 4 N–H and O–H groups in total. The molecule has 18 heavy (non-hydrogen) atoms. The van der Waals surface area contributed by atoms with Crippen LogP contribution in [0.2, 0.25) is 0 Å². The fraction of sp³-hybridized carbons (Fsp3) is 0.385. The standard InChI is InChI=1S/C13H19BN2O2/c1-9(2)15-6-5-10-3-4-13-11(7-10)12(8-16-13)14(17)18/h3-4,7-9,15-18H,5-6H2,1-2H3. The zero-order valence-electron chi connectivity index (χ0n) is 10.8. The predicted molar refractivity (Wildman–Crippen MR) is 75.0 cm³/mol. The molecule has 2 rings (SSSR count). The average Bonchev–Trinajstić information content (AvgIpc) is 2.71. The van der Waals surface area contributed by atoms with Crippen LogP contribution in [0.15, 0.2) is 24.4 Å². The van der Waals surface area contributed by atoms with Crippen LogP contribution in [-0.2, 0) is 6.42 Å². The summed E-state index contributed by atoms with van der Waals surface area (Å²) < 4.78 is 0. The molecule has 0 atom stereocenters. The Hall–Kier alpha value is -1.30. The molecule has 2 aromatic rings. The van der Waals surface area contributed by atoms with Crippen molar-refractivity contribution in [3.63, 3.8) is 0 Å². The summed E-state index contributed by atoms with van der Waals surface area (Å²) in [6.07, 6.45) is 2.58. The number of hydrogen-bond acceptors (Lipinski definition) is 3. The Balaban J connectivity index is 2.17. The maximum Gasteiger partial charge on any atom is 0.490 e. The van der Waals surface area contributed by atoms with Crippen LogP contribution in [0.3, 0.4) is 0 Å². The van der Waals surface area contributed by atoms with E-state index in [1.54, 1.807) is 6.20 Å². The van der Waals surface area contributed by atoms with Crippen LogP contribution < -0.4 is 10.8 Å². The minimum Gasteiger partial charge on any atom is -0.423 e. The molecule has 0 unspecified atom stereocenters. The minimum atomic E-state index is -1.43. The van der Waals surface area contributed by atoms with Gasteiger partial charge in [-0.3, -0.25) is 0 Å². The summed E-state index contributed by atoms with van der Waals surface area (Å²) in [5.41, 5.74) is 2.65. The topological polar surface area (TPSA) is 68.3 Å². The number of aromatic nitrogens is 1. The fourth-order valence-corrected chi connectivity index (χ4v) is 2.06. The van der Waals surface area contributed by atoms with Gasteiger partial charge >= 0.3 is 7.12 Å². The third kappa shape index (κ3) is 2.93. The second-order valence-electron chi connectivity index (χ2n) is 4.86. The van der Waals surface area contributed by atoms with E-state index in [4.69, 9.17) is 0 Å². The van der Waals surface area contributed by atoms with Crippen LogP contribution in [0.5, 0.6) is 0 Å². The van der Waals surface area contributed by atoms with Crippen molar-refractivity contribution in [2.24, 2.45) is 0 Å². The van der Waals surface area contributed by atoms with E-state index in [0.29, 0.717) is 11.5 Å². The molecule has 0 radical (unpaired) electrons. The summed E-state index contributed by atoms with van der Waals surface area (Å²) >= 11 is 0. The zero-order valence-corrected chi connectivity index (χ0v) is 10.8. The van der Waals surface area contributed by atoms with Gasteiger partial charge in [-0.2, -0.15) is 0 Å². The lowest BCUT2D eigenvalue weighted by atomic mass is 9.80. The first-order valence-electron chi connectivity index (χ1n) is 6.27. The van der Waals surface area contributed by atoms with Gasteiger partial charge in [-0.1, -0.05) is 19.9 Å². The molecule has 0 bridgehead atoms. The highest BCUT2D eigenvalue weighted by Crippen LogP contribution is 2.13. The van der Waals surface area contributed by atoms with Crippen LogP contribution in [0.4, 0.5) is 0 Å². The van der Waals surface area contributed by atoms with Gasteiger partial charge < -0.3 is 20.3 Å². The highest BCUT2D eigenvalue weighted by molar-refractivity contribution is 6.62. The Morgan fingerprint density at radius 1 is 1.33 bits per heavy atom. The van der Waals surface area contributed by atoms with Crippen molar-refractivity contribution in [1.29, 1.82) is 0 Å². The molecule has 0 aliphatic rings. The third-order valence-corrected chi connectivity index (χ3v) is 3.02. The number of H-pyrrole nitrogens is 1. The lowest BCUT2D eigenvalue weighted by Gasteiger charge is -2.08. The highest BCUT2D eigenvalue weighted by atomic mass is 16.4. The summed E-state index contributed by atoms with van der Waals surface area (Å²) in [6.45, 7) is 5.16. The van der Waals surface area contributed by atoms with E-state index in [0.717, 1.165) is 23.9 Å². The molecule has 0 saturated carbocycles. The number of hydrogen-bond donors (Lipinski definition) is 4. The Kier molecular flexibility index (Phi) is 4.06. The van der Waals surface area contributed by atoms with Crippen LogP contribution >= 0.6 is 0 Å². The molecule has 5 heteroatoms. The number of fused-ring (bicyclic) bond motifs is 1. The van der Waals surface area contributed by atoms with E-state index < -0.39 is 7.12 Å². The van der Waals surface area contributed by atoms with Crippen molar-refractivity contribution in [2.45, 2.75) is 26.3 Å². The Bertz CT molecular complexity index is 523. The summed E-state index contributed by atoms with van der Waals surface area (Å²) in [6, 6.07) is 6.54. The highest BCUT2D eigenvalue weighted by Gasteiger charge is 2.16. The van der Waals surface area contributed by atoms with Crippen molar-refractivity contribution in [3.05, 3.63) is 30.0 Å². The minimum absolute atomic E-state index is 0.482. The van der Waals surface area contributed by atoms with Gasteiger partial charge in [0.2, 0.25) is 0 Å². The van der Waals surface area contributed by atoms with Crippen LogP contribution in [0.1, 0.15) is 19.4 Å². The molecule has 0 spiro atoms. The summed E-state index contributed by atoms with van der Waals surface area (Å²) in [4.78, 5) is 3.04. The Morgan fingerprint density at radius 3 is 2.78 bits per heavy atom. The lowest BCUT2D eigenvalue weighted by molar-refractivity contribution is 0.426. The summed E-state index contributed by atoms with van der Waals surface area (Å²) in [5.74, 6) is 0. The van der Waals surface area contributed by atoms with Gasteiger partial charge in [-0.05, 0) is 36.0 Å². The van der Waals surface area contributed by atoms with Gasteiger partial charge in [0.25, 0.3) is 0 Å². The van der Waals surface area contributed by atoms with Gasteiger partial charge in [-0.15, -0.1) is 0 Å². The van der Waals surface area contributed by atoms with E-state index in [1.807, 2.05) is 12.1 Å². The SMILES string of the molecule is CC(C)NCCc1ccc2[nH]cc(B(O)O)c2c1. The zero-order chi connectivity index (χ0) is 13.1. The molecule has 0 amide bonds. The Morgan fingerprint density at radius 2 is 2.11 bits per heavy atom. The summed E-state index contributed by atoms with van der Waals surface area (Å²) in [7, 11) is -1.43. The number of nitrogens with one attached hydrogen (secondary N) is 2. The Labute approximate surface area is 107 Å². The fourth-order valence-electron chi connectivity index (χ4n) is 2.06. The molecule has 0 aliphatic carbocycles. The smallest absolute Gasteiger partial charge is 0.423 e.